The highest BCUT2D eigenvalue weighted by atomic mass is 32.2. The zero-order chi connectivity index (χ0) is 23.0. The van der Waals surface area contributed by atoms with E-state index in [1.165, 1.54) is 30.5 Å². The molecule has 0 fully saturated rings. The molecule has 166 valence electrons. The number of halogens is 3. The summed E-state index contributed by atoms with van der Waals surface area (Å²) in [5.41, 5.74) is 7.81. The lowest BCUT2D eigenvalue weighted by molar-refractivity contribution is 0.0131. The fraction of sp³-hybridized carbons (Fsp3) is 0.333. The van der Waals surface area contributed by atoms with Gasteiger partial charge >= 0.3 is 0 Å². The van der Waals surface area contributed by atoms with Gasteiger partial charge in [0.25, 0.3) is 5.92 Å². The smallest absolute Gasteiger partial charge is 0.286 e. The number of pyridine rings is 2. The molecule has 0 spiro atoms. The van der Waals surface area contributed by atoms with Gasteiger partial charge in [-0.15, -0.1) is 0 Å². The third kappa shape index (κ3) is 4.96. The first-order valence-corrected chi connectivity index (χ1v) is 11.4. The van der Waals surface area contributed by atoms with Crippen molar-refractivity contribution in [1.82, 2.24) is 14.5 Å². The maximum Gasteiger partial charge on any atom is 0.286 e. The summed E-state index contributed by atoms with van der Waals surface area (Å²) in [6, 6.07) is 5.74. The van der Waals surface area contributed by atoms with Crippen LogP contribution in [-0.2, 0) is 28.7 Å². The molecule has 10 heteroatoms. The van der Waals surface area contributed by atoms with Crippen molar-refractivity contribution in [3.05, 3.63) is 64.9 Å². The van der Waals surface area contributed by atoms with Gasteiger partial charge in [-0.2, -0.15) is 8.78 Å². The van der Waals surface area contributed by atoms with Crippen molar-refractivity contribution >= 4 is 20.9 Å². The zero-order valence-corrected chi connectivity index (χ0v) is 18.2. The molecule has 3 rings (SSSR count). The van der Waals surface area contributed by atoms with Gasteiger partial charge in [0.05, 0.1) is 17.6 Å². The number of nitrogens with zero attached hydrogens (tertiary/aromatic N) is 3. The Morgan fingerprint density at radius 2 is 1.97 bits per heavy atom. The molecule has 3 aromatic heterocycles. The van der Waals surface area contributed by atoms with Gasteiger partial charge in [-0.3, -0.25) is 0 Å². The summed E-state index contributed by atoms with van der Waals surface area (Å²) < 4.78 is 66.9. The first-order chi connectivity index (χ1) is 14.4. The molecule has 0 aliphatic carbocycles. The highest BCUT2D eigenvalue weighted by Crippen LogP contribution is 2.32. The summed E-state index contributed by atoms with van der Waals surface area (Å²) in [7, 11) is -3.44. The van der Waals surface area contributed by atoms with Crippen LogP contribution < -0.4 is 5.73 Å². The fourth-order valence-corrected chi connectivity index (χ4v) is 3.91. The van der Waals surface area contributed by atoms with E-state index in [-0.39, 0.29) is 30.2 Å². The number of sulfone groups is 1. The van der Waals surface area contributed by atoms with Crippen LogP contribution in [0.3, 0.4) is 0 Å². The van der Waals surface area contributed by atoms with Crippen molar-refractivity contribution in [2.45, 2.75) is 37.8 Å². The van der Waals surface area contributed by atoms with E-state index in [4.69, 9.17) is 5.73 Å². The van der Waals surface area contributed by atoms with Crippen LogP contribution in [0.25, 0.3) is 11.0 Å². The highest BCUT2D eigenvalue weighted by molar-refractivity contribution is 7.90. The number of rotatable bonds is 7. The molecule has 0 aliphatic heterocycles. The van der Waals surface area contributed by atoms with Crippen LogP contribution >= 0.6 is 0 Å². The fourth-order valence-electron chi connectivity index (χ4n) is 3.35. The van der Waals surface area contributed by atoms with Crippen LogP contribution in [0.5, 0.6) is 0 Å². The predicted octanol–water partition coefficient (Wildman–Crippen LogP) is 3.66. The van der Waals surface area contributed by atoms with Gasteiger partial charge in [-0.25, -0.2) is 22.8 Å². The Morgan fingerprint density at radius 1 is 1.26 bits per heavy atom. The highest BCUT2D eigenvalue weighted by Gasteiger charge is 2.28. The number of nitrogens with two attached hydrogens (primary N) is 1. The van der Waals surface area contributed by atoms with Crippen molar-refractivity contribution in [3.8, 4) is 0 Å². The minimum absolute atomic E-state index is 0.0414. The summed E-state index contributed by atoms with van der Waals surface area (Å²) in [5, 5.41) is -0.0598. The SMILES string of the molecule is Cc1c(Cc2ccc(S(C)(=O)=O)nc2)c2nc(C(C)(F)F)ccc2n1CC(F)=CCN. The largest absolute Gasteiger partial charge is 0.336 e. The number of hydrogen-bond acceptors (Lipinski definition) is 5. The summed E-state index contributed by atoms with van der Waals surface area (Å²) in [6.07, 6.45) is 4.00. The van der Waals surface area contributed by atoms with Crippen LogP contribution in [0, 0.1) is 6.92 Å². The molecule has 0 radical (unpaired) electrons. The van der Waals surface area contributed by atoms with E-state index in [0.29, 0.717) is 27.9 Å². The van der Waals surface area contributed by atoms with Crippen molar-refractivity contribution in [2.24, 2.45) is 5.73 Å². The van der Waals surface area contributed by atoms with Gasteiger partial charge < -0.3 is 10.3 Å². The zero-order valence-electron chi connectivity index (χ0n) is 17.4. The maximum atomic E-state index is 14.2. The van der Waals surface area contributed by atoms with Crippen LogP contribution in [0.1, 0.15) is 29.4 Å². The molecule has 0 amide bonds. The lowest BCUT2D eigenvalue weighted by Gasteiger charge is -2.10. The molecule has 2 N–H and O–H groups in total. The van der Waals surface area contributed by atoms with Crippen LogP contribution in [0.4, 0.5) is 13.2 Å². The van der Waals surface area contributed by atoms with Gasteiger partial charge in [-0.05, 0) is 36.8 Å². The second kappa shape index (κ2) is 8.43. The molecule has 3 heterocycles. The quantitative estimate of drug-likeness (QED) is 0.591. The molecule has 0 saturated carbocycles. The second-order valence-electron chi connectivity index (χ2n) is 7.44. The number of hydrogen-bond donors (Lipinski definition) is 1. The van der Waals surface area contributed by atoms with Crippen molar-refractivity contribution in [2.75, 3.05) is 12.8 Å². The Bertz CT molecular complexity index is 1240. The maximum absolute atomic E-state index is 14.2. The summed E-state index contributed by atoms with van der Waals surface area (Å²) in [6.45, 7) is 2.46. The summed E-state index contributed by atoms with van der Waals surface area (Å²) in [4.78, 5) is 8.15. The summed E-state index contributed by atoms with van der Waals surface area (Å²) in [5.74, 6) is -3.58. The molecule has 0 saturated heterocycles. The third-order valence-electron chi connectivity index (χ3n) is 4.95. The van der Waals surface area contributed by atoms with E-state index in [1.807, 2.05) is 0 Å². The summed E-state index contributed by atoms with van der Waals surface area (Å²) >= 11 is 0. The second-order valence-corrected chi connectivity index (χ2v) is 9.41. The minimum Gasteiger partial charge on any atom is -0.336 e. The van der Waals surface area contributed by atoms with Crippen molar-refractivity contribution in [3.63, 3.8) is 0 Å². The number of alkyl halides is 2. The molecule has 0 unspecified atom stereocenters. The third-order valence-corrected chi connectivity index (χ3v) is 5.95. The first-order valence-electron chi connectivity index (χ1n) is 9.48. The molecule has 3 aromatic rings. The van der Waals surface area contributed by atoms with Crippen molar-refractivity contribution < 1.29 is 21.6 Å². The molecule has 6 nitrogen and oxygen atoms in total. The molecule has 0 aliphatic rings. The van der Waals surface area contributed by atoms with Gasteiger partial charge in [0, 0.05) is 43.6 Å². The van der Waals surface area contributed by atoms with Crippen LogP contribution in [0.15, 0.2) is 47.4 Å². The van der Waals surface area contributed by atoms with Crippen LogP contribution in [0.2, 0.25) is 0 Å². The lowest BCUT2D eigenvalue weighted by atomic mass is 10.1. The standard InChI is InChI=1S/C21H23F3N4O2S/c1-13-16(10-14-4-7-19(26-11-14)31(3,29)30)20-17(28(13)12-15(22)8-9-25)5-6-18(27-20)21(2,23)24/h4-8,11H,9-10,12,25H2,1-3H3. The van der Waals surface area contributed by atoms with Gasteiger partial charge in [0.1, 0.15) is 11.5 Å². The Labute approximate surface area is 178 Å². The Morgan fingerprint density at radius 3 is 2.52 bits per heavy atom. The van der Waals surface area contributed by atoms with E-state index in [0.717, 1.165) is 13.2 Å². The predicted molar refractivity (Wildman–Crippen MR) is 112 cm³/mol. The van der Waals surface area contributed by atoms with E-state index >= 15 is 0 Å². The topological polar surface area (TPSA) is 90.9 Å². The average Bonchev–Trinajstić information content (AvgIpc) is 2.92. The first kappa shape index (κ1) is 23.0. The van der Waals surface area contributed by atoms with Crippen LogP contribution in [-0.4, -0.2) is 35.8 Å². The Balaban J connectivity index is 2.14. The van der Waals surface area contributed by atoms with Gasteiger partial charge in [0.15, 0.2) is 14.9 Å². The van der Waals surface area contributed by atoms with E-state index < -0.39 is 21.6 Å². The number of fused-ring (bicyclic) bond motifs is 1. The number of aromatic nitrogens is 3. The van der Waals surface area contributed by atoms with E-state index in [2.05, 4.69) is 9.97 Å². The van der Waals surface area contributed by atoms with E-state index in [9.17, 15) is 21.6 Å². The Hall–Kier alpha value is -2.72. The molecule has 31 heavy (non-hydrogen) atoms. The minimum atomic E-state index is -3.44. The van der Waals surface area contributed by atoms with Gasteiger partial charge in [-0.1, -0.05) is 6.07 Å². The Kier molecular flexibility index (Phi) is 6.24. The molecule has 0 aromatic carbocycles. The normalized spacial score (nSPS) is 13.2. The lowest BCUT2D eigenvalue weighted by Crippen LogP contribution is -2.09. The molecule has 0 atom stereocenters. The van der Waals surface area contributed by atoms with E-state index in [1.54, 1.807) is 17.6 Å². The number of allylic oxidation sites excluding steroid dienone is 1. The monoisotopic (exact) mass is 452 g/mol. The molecule has 0 bridgehead atoms. The van der Waals surface area contributed by atoms with Gasteiger partial charge in [0.2, 0.25) is 0 Å². The molecular weight excluding hydrogens is 429 g/mol. The molecular formula is C21H23F3N4O2S. The van der Waals surface area contributed by atoms with Crippen molar-refractivity contribution in [1.29, 1.82) is 0 Å². The average molecular weight is 453 g/mol.